The Morgan fingerprint density at radius 3 is 2.80 bits per heavy atom. The number of benzene rings is 1. The van der Waals surface area contributed by atoms with Crippen LogP contribution in [-0.4, -0.2) is 10.9 Å². The number of anilines is 2. The maximum Gasteiger partial charge on any atom is 0.259 e. The third kappa shape index (κ3) is 3.27. The van der Waals surface area contributed by atoms with Gasteiger partial charge in [0.05, 0.1) is 16.9 Å². The number of halogens is 2. The lowest BCUT2D eigenvalue weighted by Gasteiger charge is -2.11. The van der Waals surface area contributed by atoms with Crippen molar-refractivity contribution < 1.29 is 4.79 Å². The van der Waals surface area contributed by atoms with Gasteiger partial charge < -0.3 is 10.7 Å². The fraction of sp³-hybridized carbons (Fsp3) is 0.0769. The average Bonchev–Trinajstić information content (AvgIpc) is 2.42. The standard InChI is InChI=1S/C13H12BrClN4O/c1-7-4-11(19-16)9(6-17-7)13(20)18-12-5-8(15)2-3-10(12)14/h2-6H,16H2,1H3,(H,17,19)(H,18,20). The lowest BCUT2D eigenvalue weighted by Crippen LogP contribution is -2.18. The highest BCUT2D eigenvalue weighted by Gasteiger charge is 2.13. The number of carbonyl (C=O) groups is 1. The molecule has 20 heavy (non-hydrogen) atoms. The SMILES string of the molecule is Cc1cc(NN)c(C(=O)Nc2cc(Cl)ccc2Br)cn1. The molecule has 104 valence electrons. The summed E-state index contributed by atoms with van der Waals surface area (Å²) in [6.07, 6.45) is 1.47. The number of nitrogens with two attached hydrogens (primary N) is 1. The van der Waals surface area contributed by atoms with E-state index in [0.29, 0.717) is 22.0 Å². The molecule has 2 rings (SSSR count). The van der Waals surface area contributed by atoms with E-state index in [1.807, 2.05) is 6.92 Å². The molecule has 0 saturated heterocycles. The molecule has 0 spiro atoms. The van der Waals surface area contributed by atoms with Crippen LogP contribution in [0.25, 0.3) is 0 Å². The van der Waals surface area contributed by atoms with E-state index in [-0.39, 0.29) is 5.91 Å². The van der Waals surface area contributed by atoms with Gasteiger partial charge in [0.15, 0.2) is 0 Å². The molecule has 0 saturated carbocycles. The molecule has 0 aliphatic rings. The first-order valence-corrected chi connectivity index (χ1v) is 6.88. The van der Waals surface area contributed by atoms with Crippen LogP contribution in [0.4, 0.5) is 11.4 Å². The zero-order chi connectivity index (χ0) is 14.7. The Labute approximate surface area is 129 Å². The monoisotopic (exact) mass is 354 g/mol. The maximum absolute atomic E-state index is 12.3. The quantitative estimate of drug-likeness (QED) is 0.583. The molecule has 1 amide bonds. The molecular weight excluding hydrogens is 344 g/mol. The number of hydrogen-bond donors (Lipinski definition) is 3. The summed E-state index contributed by atoms with van der Waals surface area (Å²) < 4.78 is 0.734. The smallest absolute Gasteiger partial charge is 0.259 e. The largest absolute Gasteiger partial charge is 0.323 e. The van der Waals surface area contributed by atoms with Gasteiger partial charge in [0.25, 0.3) is 5.91 Å². The highest BCUT2D eigenvalue weighted by atomic mass is 79.9. The van der Waals surface area contributed by atoms with Crippen LogP contribution in [0.15, 0.2) is 34.9 Å². The molecule has 1 heterocycles. The summed E-state index contributed by atoms with van der Waals surface area (Å²) in [5, 5.41) is 3.29. The maximum atomic E-state index is 12.3. The van der Waals surface area contributed by atoms with Gasteiger partial charge in [-0.05, 0) is 47.1 Å². The van der Waals surface area contributed by atoms with Crippen molar-refractivity contribution in [1.82, 2.24) is 4.98 Å². The van der Waals surface area contributed by atoms with Gasteiger partial charge >= 0.3 is 0 Å². The van der Waals surface area contributed by atoms with Crippen LogP contribution < -0.4 is 16.6 Å². The summed E-state index contributed by atoms with van der Waals surface area (Å²) >= 11 is 9.26. The molecule has 1 aromatic carbocycles. The Morgan fingerprint density at radius 1 is 1.35 bits per heavy atom. The summed E-state index contributed by atoms with van der Waals surface area (Å²) in [7, 11) is 0. The molecule has 0 atom stereocenters. The van der Waals surface area contributed by atoms with E-state index in [4.69, 9.17) is 17.4 Å². The number of rotatable bonds is 3. The zero-order valence-electron chi connectivity index (χ0n) is 10.6. The number of aromatic nitrogens is 1. The Bertz CT molecular complexity index is 663. The molecule has 2 aromatic rings. The highest BCUT2D eigenvalue weighted by molar-refractivity contribution is 9.10. The normalized spacial score (nSPS) is 10.2. The number of aryl methyl sites for hydroxylation is 1. The first kappa shape index (κ1) is 14.8. The van der Waals surface area contributed by atoms with E-state index >= 15 is 0 Å². The second-order valence-electron chi connectivity index (χ2n) is 4.09. The molecular formula is C13H12BrClN4O. The molecule has 7 heteroatoms. The van der Waals surface area contributed by atoms with Crippen LogP contribution in [0, 0.1) is 6.92 Å². The number of hydrogen-bond acceptors (Lipinski definition) is 4. The van der Waals surface area contributed by atoms with Crippen LogP contribution in [0.3, 0.4) is 0 Å². The molecule has 0 aliphatic carbocycles. The third-order valence-corrected chi connectivity index (χ3v) is 3.54. The number of nitrogens with zero attached hydrogens (tertiary/aromatic N) is 1. The van der Waals surface area contributed by atoms with Gasteiger partial charge in [-0.25, -0.2) is 0 Å². The number of hydrazine groups is 1. The predicted octanol–water partition coefficient (Wildman–Crippen LogP) is 3.34. The number of pyridine rings is 1. The van der Waals surface area contributed by atoms with Crippen molar-refractivity contribution in [2.45, 2.75) is 6.92 Å². The van der Waals surface area contributed by atoms with Crippen LogP contribution in [0.2, 0.25) is 5.02 Å². The lowest BCUT2D eigenvalue weighted by molar-refractivity contribution is 0.102. The van der Waals surface area contributed by atoms with Crippen LogP contribution >= 0.6 is 27.5 Å². The molecule has 1 aromatic heterocycles. The minimum atomic E-state index is -0.326. The molecule has 5 nitrogen and oxygen atoms in total. The first-order chi connectivity index (χ1) is 9.51. The molecule has 4 N–H and O–H groups in total. The van der Waals surface area contributed by atoms with Crippen LogP contribution in [-0.2, 0) is 0 Å². The van der Waals surface area contributed by atoms with Gasteiger partial charge in [-0.1, -0.05) is 11.6 Å². The zero-order valence-corrected chi connectivity index (χ0v) is 12.9. The second kappa shape index (κ2) is 6.21. The Balaban J connectivity index is 2.30. The van der Waals surface area contributed by atoms with E-state index in [2.05, 4.69) is 31.7 Å². The van der Waals surface area contributed by atoms with Gasteiger partial charge in [-0.2, -0.15) is 0 Å². The summed E-state index contributed by atoms with van der Waals surface area (Å²) in [4.78, 5) is 16.4. The molecule has 0 aliphatic heterocycles. The van der Waals surface area contributed by atoms with Gasteiger partial charge in [0.1, 0.15) is 0 Å². The van der Waals surface area contributed by atoms with Crippen molar-refractivity contribution >= 4 is 44.8 Å². The van der Waals surface area contributed by atoms with E-state index in [9.17, 15) is 4.79 Å². The van der Waals surface area contributed by atoms with E-state index < -0.39 is 0 Å². The second-order valence-corrected chi connectivity index (χ2v) is 5.38. The summed E-state index contributed by atoms with van der Waals surface area (Å²) in [6, 6.07) is 6.83. The van der Waals surface area contributed by atoms with Gasteiger partial charge in [-0.3, -0.25) is 15.6 Å². The van der Waals surface area contributed by atoms with Crippen LogP contribution in [0.1, 0.15) is 16.1 Å². The van der Waals surface area contributed by atoms with Gasteiger partial charge in [0.2, 0.25) is 0 Å². The molecule has 0 unspecified atom stereocenters. The van der Waals surface area contributed by atoms with Crippen molar-refractivity contribution in [3.63, 3.8) is 0 Å². The molecule has 0 fully saturated rings. The number of carbonyl (C=O) groups excluding carboxylic acids is 1. The lowest BCUT2D eigenvalue weighted by atomic mass is 10.2. The fourth-order valence-electron chi connectivity index (χ4n) is 1.64. The fourth-order valence-corrected chi connectivity index (χ4v) is 2.16. The molecule has 0 radical (unpaired) electrons. The minimum absolute atomic E-state index is 0.326. The number of nitrogen functional groups attached to an aromatic ring is 1. The minimum Gasteiger partial charge on any atom is -0.323 e. The Hall–Kier alpha value is -1.63. The first-order valence-electron chi connectivity index (χ1n) is 5.71. The van der Waals surface area contributed by atoms with Crippen molar-refractivity contribution in [3.05, 3.63) is 51.2 Å². The number of nitrogens with one attached hydrogen (secondary N) is 2. The van der Waals surface area contributed by atoms with Crippen molar-refractivity contribution in [2.24, 2.45) is 5.84 Å². The average molecular weight is 356 g/mol. The van der Waals surface area contributed by atoms with Crippen molar-refractivity contribution in [3.8, 4) is 0 Å². The predicted molar refractivity (Wildman–Crippen MR) is 83.9 cm³/mol. The van der Waals surface area contributed by atoms with Crippen LogP contribution in [0.5, 0.6) is 0 Å². The highest BCUT2D eigenvalue weighted by Crippen LogP contribution is 2.27. The Kier molecular flexibility index (Phi) is 4.59. The van der Waals surface area contributed by atoms with Crippen molar-refractivity contribution in [1.29, 1.82) is 0 Å². The molecule has 0 bridgehead atoms. The van der Waals surface area contributed by atoms with E-state index in [1.165, 1.54) is 6.20 Å². The summed E-state index contributed by atoms with van der Waals surface area (Å²) in [6.45, 7) is 1.82. The Morgan fingerprint density at radius 2 is 2.10 bits per heavy atom. The van der Waals surface area contributed by atoms with Crippen molar-refractivity contribution in [2.75, 3.05) is 10.7 Å². The van der Waals surface area contributed by atoms with Gasteiger partial charge in [0, 0.05) is 21.4 Å². The van der Waals surface area contributed by atoms with Gasteiger partial charge in [-0.15, -0.1) is 0 Å². The van der Waals surface area contributed by atoms with E-state index in [1.54, 1.807) is 24.3 Å². The summed E-state index contributed by atoms with van der Waals surface area (Å²) in [5.74, 6) is 5.09. The topological polar surface area (TPSA) is 80.0 Å². The number of amides is 1. The third-order valence-electron chi connectivity index (χ3n) is 2.62. The summed E-state index contributed by atoms with van der Waals surface area (Å²) in [5.41, 5.74) is 4.69. The van der Waals surface area contributed by atoms with E-state index in [0.717, 1.165) is 10.2 Å².